The Kier molecular flexibility index (Phi) is 7.78. The van der Waals surface area contributed by atoms with Crippen molar-refractivity contribution in [3.63, 3.8) is 0 Å². The zero-order valence-electron chi connectivity index (χ0n) is 24.9. The number of hydrogen-bond donors (Lipinski definition) is 0. The van der Waals surface area contributed by atoms with E-state index in [0.29, 0.717) is 11.6 Å². The molecule has 1 unspecified atom stereocenters. The molecule has 8 rings (SSSR count). The fourth-order valence-corrected chi connectivity index (χ4v) is 7.01. The summed E-state index contributed by atoms with van der Waals surface area (Å²) >= 11 is 7.26. The Morgan fingerprint density at radius 3 is 2.64 bits per heavy atom. The van der Waals surface area contributed by atoms with Crippen LogP contribution in [0.4, 0.5) is 8.78 Å². The summed E-state index contributed by atoms with van der Waals surface area (Å²) in [5.74, 6) is -0.755. The van der Waals surface area contributed by atoms with Crippen LogP contribution in [0.2, 0.25) is 5.02 Å². The van der Waals surface area contributed by atoms with Crippen molar-refractivity contribution in [2.45, 2.75) is 43.7 Å². The largest absolute Gasteiger partial charge is 0.376 e. The summed E-state index contributed by atoms with van der Waals surface area (Å²) in [6, 6.07) is 17.0. The third-order valence-corrected chi connectivity index (χ3v) is 9.50. The molecule has 11 nitrogen and oxygen atoms in total. The second kappa shape index (κ2) is 12.1. The molecule has 0 aliphatic carbocycles. The molecule has 3 aromatic carbocycles. The quantitative estimate of drug-likeness (QED) is 0.191. The second-order valence-corrected chi connectivity index (χ2v) is 12.5. The number of benzene rings is 3. The van der Waals surface area contributed by atoms with Crippen molar-refractivity contribution >= 4 is 33.2 Å². The number of fused-ring (bicyclic) bond motifs is 2. The number of thiazole rings is 1. The predicted octanol–water partition coefficient (Wildman–Crippen LogP) is 6.19. The summed E-state index contributed by atoms with van der Waals surface area (Å²) in [5, 5.41) is 12.8. The van der Waals surface area contributed by atoms with Crippen molar-refractivity contribution in [3.8, 4) is 16.9 Å². The van der Waals surface area contributed by atoms with E-state index in [4.69, 9.17) is 40.6 Å². The van der Waals surface area contributed by atoms with Gasteiger partial charge in [-0.2, -0.15) is 5.10 Å². The molecule has 0 radical (unpaired) electrons. The number of methoxy groups -OCH3 is 1. The highest BCUT2D eigenvalue weighted by molar-refractivity contribution is 7.16. The lowest BCUT2D eigenvalue weighted by Gasteiger charge is -2.48. The monoisotopic (exact) mass is 677 g/mol. The molecular formula is C32H26ClF2N7O4S. The number of hydrogen-bond acceptors (Lipinski definition) is 10. The minimum absolute atomic E-state index is 0.175. The molecule has 2 fully saturated rings. The smallest absolute Gasteiger partial charge is 0.184 e. The Morgan fingerprint density at radius 2 is 1.85 bits per heavy atom. The van der Waals surface area contributed by atoms with Crippen molar-refractivity contribution in [2.75, 3.05) is 13.7 Å². The molecule has 15 heteroatoms. The van der Waals surface area contributed by atoms with Gasteiger partial charge in [-0.25, -0.2) is 28.1 Å². The molecule has 0 bridgehead atoms. The Bertz CT molecular complexity index is 2050. The summed E-state index contributed by atoms with van der Waals surface area (Å²) in [7, 11) is 1.57. The number of rotatable bonds is 6. The van der Waals surface area contributed by atoms with Gasteiger partial charge in [-0.05, 0) is 37.3 Å². The molecule has 0 N–H and O–H groups in total. The summed E-state index contributed by atoms with van der Waals surface area (Å²) in [4.78, 5) is 9.18. The van der Waals surface area contributed by atoms with Crippen molar-refractivity contribution in [1.29, 1.82) is 0 Å². The van der Waals surface area contributed by atoms with Gasteiger partial charge in [-0.3, -0.25) is 0 Å². The first-order chi connectivity index (χ1) is 22.9. The first-order valence-corrected chi connectivity index (χ1v) is 16.0. The Balaban J connectivity index is 1.22. The van der Waals surface area contributed by atoms with Crippen LogP contribution in [0, 0.1) is 18.6 Å². The molecule has 6 atom stereocenters. The van der Waals surface area contributed by atoms with E-state index in [9.17, 15) is 8.78 Å². The third-order valence-electron chi connectivity index (χ3n) is 8.34. The molecule has 0 saturated carbocycles. The van der Waals surface area contributed by atoms with E-state index < -0.39 is 53.4 Å². The van der Waals surface area contributed by atoms with Crippen LogP contribution in [0.3, 0.4) is 0 Å². The van der Waals surface area contributed by atoms with Gasteiger partial charge in [0.1, 0.15) is 58.6 Å². The fraction of sp³-hybridized carbons (Fsp3) is 0.281. The Morgan fingerprint density at radius 1 is 1.04 bits per heavy atom. The van der Waals surface area contributed by atoms with Gasteiger partial charge >= 0.3 is 0 Å². The number of ether oxygens (including phenoxy) is 4. The number of aryl methyl sites for hydroxylation is 1. The Hall–Kier alpha value is -4.18. The third kappa shape index (κ3) is 5.40. The lowest BCUT2D eigenvalue weighted by atomic mass is 9.91. The maximum absolute atomic E-state index is 14.4. The lowest BCUT2D eigenvalue weighted by molar-refractivity contribution is -0.321. The van der Waals surface area contributed by atoms with Crippen LogP contribution in [-0.2, 0) is 18.9 Å². The molecule has 3 aromatic heterocycles. The van der Waals surface area contributed by atoms with Gasteiger partial charge in [-0.15, -0.1) is 16.4 Å². The van der Waals surface area contributed by atoms with Crippen LogP contribution >= 0.6 is 22.9 Å². The van der Waals surface area contributed by atoms with Crippen molar-refractivity contribution in [1.82, 2.24) is 34.7 Å². The molecule has 2 aliphatic rings. The van der Waals surface area contributed by atoms with Gasteiger partial charge < -0.3 is 18.9 Å². The van der Waals surface area contributed by atoms with E-state index in [1.54, 1.807) is 28.2 Å². The van der Waals surface area contributed by atoms with Gasteiger partial charge in [-0.1, -0.05) is 47.1 Å². The van der Waals surface area contributed by atoms with Gasteiger partial charge in [0, 0.05) is 18.2 Å². The predicted molar refractivity (Wildman–Crippen MR) is 167 cm³/mol. The van der Waals surface area contributed by atoms with Gasteiger partial charge in [0.25, 0.3) is 0 Å². The van der Waals surface area contributed by atoms with Crippen LogP contribution in [0.25, 0.3) is 27.2 Å². The molecule has 240 valence electrons. The van der Waals surface area contributed by atoms with Crippen LogP contribution in [0.5, 0.6) is 0 Å². The number of halogens is 3. The topological polar surface area (TPSA) is 111 Å². The lowest BCUT2D eigenvalue weighted by Crippen LogP contribution is -2.57. The molecule has 0 spiro atoms. The molecule has 6 aromatic rings. The average molecular weight is 678 g/mol. The summed E-state index contributed by atoms with van der Waals surface area (Å²) < 4.78 is 58.8. The fourth-order valence-electron chi connectivity index (χ4n) is 6.19. The highest BCUT2D eigenvalue weighted by Gasteiger charge is 2.53. The normalized spacial score (nSPS) is 24.4. The first-order valence-electron chi connectivity index (χ1n) is 14.7. The standard InChI is InChI=1S/C32H26ClF2N7O4S/c1-16-37-31(42(39-16)19-8-9-22-25(12-19)47-15-36-22)30-29(43-2)27(28-24(45-30)14-44-32(46-28)17-6-4-3-5-7-17)41-13-23(38-40-41)18-10-20(34)26(33)21(35)11-18/h3-13,15,24,27-30,32H,14H2,1-2H3/t24-,27+,28+,29-,30-,32?/m1/s1. The zero-order chi connectivity index (χ0) is 32.2. The van der Waals surface area contributed by atoms with E-state index in [1.165, 1.54) is 11.3 Å². The molecule has 5 heterocycles. The van der Waals surface area contributed by atoms with Gasteiger partial charge in [0.15, 0.2) is 12.1 Å². The molecular weight excluding hydrogens is 652 g/mol. The maximum Gasteiger partial charge on any atom is 0.184 e. The molecule has 47 heavy (non-hydrogen) atoms. The van der Waals surface area contributed by atoms with Gasteiger partial charge in [0.2, 0.25) is 0 Å². The van der Waals surface area contributed by atoms with Crippen LogP contribution < -0.4 is 0 Å². The summed E-state index contributed by atoms with van der Waals surface area (Å²) in [6.45, 7) is 2.00. The highest BCUT2D eigenvalue weighted by atomic mass is 35.5. The maximum atomic E-state index is 14.4. The van der Waals surface area contributed by atoms with E-state index >= 15 is 0 Å². The number of aromatic nitrogens is 7. The van der Waals surface area contributed by atoms with E-state index in [-0.39, 0.29) is 17.9 Å². The SMILES string of the molecule is CO[C@@H]1[C@@H](n2cc(-c3cc(F)c(Cl)c(F)c3)nn2)[C@H]2OC(c3ccccc3)OC[C@H]2O[C@H]1c1nc(C)nn1-c1ccc2ncsc2c1. The van der Waals surface area contributed by atoms with Crippen LogP contribution in [0.1, 0.15) is 35.6 Å². The zero-order valence-corrected chi connectivity index (χ0v) is 26.5. The molecule has 2 saturated heterocycles. The summed E-state index contributed by atoms with van der Waals surface area (Å²) in [5.41, 5.74) is 4.70. The average Bonchev–Trinajstić information content (AvgIpc) is 3.86. The van der Waals surface area contributed by atoms with E-state index in [2.05, 4.69) is 15.3 Å². The van der Waals surface area contributed by atoms with Crippen molar-refractivity contribution in [2.24, 2.45) is 0 Å². The number of nitrogens with zero attached hydrogens (tertiary/aromatic N) is 7. The van der Waals surface area contributed by atoms with Crippen molar-refractivity contribution < 1.29 is 27.7 Å². The van der Waals surface area contributed by atoms with E-state index in [0.717, 1.165) is 33.6 Å². The van der Waals surface area contributed by atoms with Crippen molar-refractivity contribution in [3.05, 3.63) is 106 Å². The molecule has 0 amide bonds. The van der Waals surface area contributed by atoms with Crippen LogP contribution in [-0.4, -0.2) is 66.8 Å². The summed E-state index contributed by atoms with van der Waals surface area (Å²) in [6.07, 6.45) is -1.78. The molecule has 2 aliphatic heterocycles. The second-order valence-electron chi connectivity index (χ2n) is 11.2. The first kappa shape index (κ1) is 30.2. The van der Waals surface area contributed by atoms with E-state index in [1.807, 2.05) is 55.5 Å². The highest BCUT2D eigenvalue weighted by Crippen LogP contribution is 2.45. The van der Waals surface area contributed by atoms with Crippen LogP contribution in [0.15, 0.2) is 72.4 Å². The minimum Gasteiger partial charge on any atom is -0.376 e. The van der Waals surface area contributed by atoms with Gasteiger partial charge in [0.05, 0.1) is 34.2 Å². The Labute approximate surface area is 275 Å². The minimum atomic E-state index is -0.901.